The van der Waals surface area contributed by atoms with Gasteiger partial charge >= 0.3 is 5.97 Å². The lowest BCUT2D eigenvalue weighted by Gasteiger charge is -2.08. The molecule has 0 radical (unpaired) electrons. The topological polar surface area (TPSA) is 55.8 Å². The van der Waals surface area contributed by atoms with Crippen LogP contribution in [0.25, 0.3) is 0 Å². The summed E-state index contributed by atoms with van der Waals surface area (Å²) in [6.45, 7) is 2.42. The van der Waals surface area contributed by atoms with Crippen LogP contribution in [0.15, 0.2) is 18.2 Å². The predicted molar refractivity (Wildman–Crippen MR) is 87.1 cm³/mol. The Balaban J connectivity index is 2.15. The van der Waals surface area contributed by atoms with Gasteiger partial charge < -0.3 is 14.6 Å². The Morgan fingerprint density at radius 3 is 2.45 bits per heavy atom. The van der Waals surface area contributed by atoms with Crippen LogP contribution in [0, 0.1) is 0 Å². The van der Waals surface area contributed by atoms with Gasteiger partial charge in [0, 0.05) is 6.42 Å². The molecule has 4 nitrogen and oxygen atoms in total. The highest BCUT2D eigenvalue weighted by Gasteiger charge is 2.06. The number of ether oxygens (including phenoxy) is 2. The first-order chi connectivity index (χ1) is 10.7. The van der Waals surface area contributed by atoms with Gasteiger partial charge in [-0.25, -0.2) is 0 Å². The van der Waals surface area contributed by atoms with Gasteiger partial charge in [-0.05, 0) is 24.1 Å². The zero-order valence-electron chi connectivity index (χ0n) is 13.8. The van der Waals surface area contributed by atoms with Gasteiger partial charge in [0.2, 0.25) is 0 Å². The molecular formula is C18H28O4. The van der Waals surface area contributed by atoms with Crippen molar-refractivity contribution in [1.82, 2.24) is 0 Å². The van der Waals surface area contributed by atoms with E-state index in [-0.39, 0.29) is 18.3 Å². The van der Waals surface area contributed by atoms with E-state index in [1.807, 2.05) is 0 Å². The number of benzene rings is 1. The normalized spacial score (nSPS) is 10.5. The molecule has 1 N–H and O–H groups in total. The van der Waals surface area contributed by atoms with E-state index in [9.17, 15) is 9.90 Å². The van der Waals surface area contributed by atoms with Crippen molar-refractivity contribution < 1.29 is 19.4 Å². The third-order valence-corrected chi connectivity index (χ3v) is 3.63. The molecule has 4 heteroatoms. The van der Waals surface area contributed by atoms with Crippen molar-refractivity contribution >= 4 is 5.97 Å². The van der Waals surface area contributed by atoms with Gasteiger partial charge in [-0.3, -0.25) is 4.79 Å². The summed E-state index contributed by atoms with van der Waals surface area (Å²) in [5, 5.41) is 9.50. The number of unbranched alkanes of at least 4 members (excludes halogenated alkanes) is 6. The molecule has 22 heavy (non-hydrogen) atoms. The lowest BCUT2D eigenvalue weighted by molar-refractivity contribution is -0.145. The Labute approximate surface area is 133 Å². The zero-order chi connectivity index (χ0) is 16.2. The minimum atomic E-state index is -0.166. The molecule has 0 bridgehead atoms. The van der Waals surface area contributed by atoms with E-state index in [2.05, 4.69) is 6.92 Å². The maximum absolute atomic E-state index is 11.7. The van der Waals surface area contributed by atoms with Crippen LogP contribution in [0.3, 0.4) is 0 Å². The number of esters is 1. The van der Waals surface area contributed by atoms with Gasteiger partial charge in [0.25, 0.3) is 0 Å². The fourth-order valence-electron chi connectivity index (χ4n) is 2.27. The number of carbonyl (C=O) groups is 1. The first-order valence-electron chi connectivity index (χ1n) is 8.19. The van der Waals surface area contributed by atoms with E-state index in [0.29, 0.717) is 12.2 Å². The van der Waals surface area contributed by atoms with Gasteiger partial charge in [-0.1, -0.05) is 51.5 Å². The molecule has 0 aliphatic heterocycles. The van der Waals surface area contributed by atoms with E-state index in [1.165, 1.54) is 45.3 Å². The SMILES string of the molecule is CCCCCCCCCC(=O)OCc1ccc(O)c(OC)c1. The Bertz CT molecular complexity index is 443. The minimum absolute atomic E-state index is 0.0839. The summed E-state index contributed by atoms with van der Waals surface area (Å²) in [7, 11) is 1.49. The Kier molecular flexibility index (Phi) is 9.12. The van der Waals surface area contributed by atoms with Gasteiger partial charge in [-0.15, -0.1) is 0 Å². The Hall–Kier alpha value is -1.71. The molecule has 0 fully saturated rings. The summed E-state index contributed by atoms with van der Waals surface area (Å²) in [5.41, 5.74) is 0.808. The van der Waals surface area contributed by atoms with Gasteiger partial charge in [-0.2, -0.15) is 0 Å². The molecule has 0 amide bonds. The van der Waals surface area contributed by atoms with Crippen molar-refractivity contribution in [2.75, 3.05) is 7.11 Å². The molecule has 0 aliphatic rings. The summed E-state index contributed by atoms with van der Waals surface area (Å²) in [6.07, 6.45) is 8.77. The number of phenolic OH excluding ortho intramolecular Hbond substituents is 1. The predicted octanol–water partition coefficient (Wildman–Crippen LogP) is 4.58. The highest BCUT2D eigenvalue weighted by atomic mass is 16.5. The molecule has 1 rings (SSSR count). The minimum Gasteiger partial charge on any atom is -0.504 e. The third kappa shape index (κ3) is 7.34. The second-order valence-electron chi connectivity index (χ2n) is 5.54. The van der Waals surface area contributed by atoms with Crippen LogP contribution >= 0.6 is 0 Å². The summed E-state index contributed by atoms with van der Waals surface area (Å²) >= 11 is 0. The lowest BCUT2D eigenvalue weighted by atomic mass is 10.1. The van der Waals surface area contributed by atoms with Crippen LogP contribution in [-0.4, -0.2) is 18.2 Å². The second kappa shape index (κ2) is 10.9. The van der Waals surface area contributed by atoms with Crippen LogP contribution < -0.4 is 4.74 Å². The number of methoxy groups -OCH3 is 1. The largest absolute Gasteiger partial charge is 0.504 e. The number of hydrogen-bond donors (Lipinski definition) is 1. The monoisotopic (exact) mass is 308 g/mol. The van der Waals surface area contributed by atoms with Crippen molar-refractivity contribution in [3.63, 3.8) is 0 Å². The summed E-state index contributed by atoms with van der Waals surface area (Å²) in [6, 6.07) is 4.94. The highest BCUT2D eigenvalue weighted by molar-refractivity contribution is 5.69. The van der Waals surface area contributed by atoms with Crippen LogP contribution in [0.5, 0.6) is 11.5 Å². The van der Waals surface area contributed by atoms with Crippen molar-refractivity contribution in [1.29, 1.82) is 0 Å². The number of rotatable bonds is 11. The number of hydrogen-bond acceptors (Lipinski definition) is 4. The number of aromatic hydroxyl groups is 1. The molecule has 0 aromatic heterocycles. The standard InChI is InChI=1S/C18H28O4/c1-3-4-5-6-7-8-9-10-18(20)22-14-15-11-12-16(19)17(13-15)21-2/h11-13,19H,3-10,14H2,1-2H3. The molecule has 0 heterocycles. The average molecular weight is 308 g/mol. The first-order valence-corrected chi connectivity index (χ1v) is 8.19. The molecule has 0 aliphatic carbocycles. The van der Waals surface area contributed by atoms with E-state index < -0.39 is 0 Å². The molecule has 0 spiro atoms. The van der Waals surface area contributed by atoms with Gasteiger partial charge in [0.15, 0.2) is 11.5 Å². The molecule has 1 aromatic rings. The van der Waals surface area contributed by atoms with Crippen molar-refractivity contribution in [2.45, 2.75) is 64.9 Å². The van der Waals surface area contributed by atoms with Crippen LogP contribution in [-0.2, 0) is 16.1 Å². The molecule has 1 aromatic carbocycles. The van der Waals surface area contributed by atoms with E-state index in [0.717, 1.165) is 18.4 Å². The van der Waals surface area contributed by atoms with Crippen LogP contribution in [0.4, 0.5) is 0 Å². The molecule has 0 saturated heterocycles. The Morgan fingerprint density at radius 1 is 1.09 bits per heavy atom. The molecule has 124 valence electrons. The summed E-state index contributed by atoms with van der Waals surface area (Å²) in [4.78, 5) is 11.7. The second-order valence-corrected chi connectivity index (χ2v) is 5.54. The van der Waals surface area contributed by atoms with Crippen molar-refractivity contribution in [2.24, 2.45) is 0 Å². The maximum Gasteiger partial charge on any atom is 0.306 e. The lowest BCUT2D eigenvalue weighted by Crippen LogP contribution is -2.04. The Morgan fingerprint density at radius 2 is 1.77 bits per heavy atom. The van der Waals surface area contributed by atoms with Gasteiger partial charge in [0.1, 0.15) is 6.61 Å². The van der Waals surface area contributed by atoms with Gasteiger partial charge in [0.05, 0.1) is 7.11 Å². The molecule has 0 saturated carbocycles. The summed E-state index contributed by atoms with van der Waals surface area (Å²) in [5.74, 6) is 0.307. The smallest absolute Gasteiger partial charge is 0.306 e. The zero-order valence-corrected chi connectivity index (χ0v) is 13.8. The van der Waals surface area contributed by atoms with Crippen molar-refractivity contribution in [3.05, 3.63) is 23.8 Å². The molecule has 0 unspecified atom stereocenters. The van der Waals surface area contributed by atoms with E-state index in [4.69, 9.17) is 9.47 Å². The number of carbonyl (C=O) groups excluding carboxylic acids is 1. The van der Waals surface area contributed by atoms with Crippen molar-refractivity contribution in [3.8, 4) is 11.5 Å². The van der Waals surface area contributed by atoms with Crippen LogP contribution in [0.1, 0.15) is 63.9 Å². The highest BCUT2D eigenvalue weighted by Crippen LogP contribution is 2.26. The summed E-state index contributed by atoms with van der Waals surface area (Å²) < 4.78 is 10.3. The fourth-order valence-corrected chi connectivity index (χ4v) is 2.27. The maximum atomic E-state index is 11.7. The first kappa shape index (κ1) is 18.3. The molecular weight excluding hydrogens is 280 g/mol. The average Bonchev–Trinajstić information content (AvgIpc) is 2.53. The van der Waals surface area contributed by atoms with E-state index >= 15 is 0 Å². The fraction of sp³-hybridized carbons (Fsp3) is 0.611. The van der Waals surface area contributed by atoms with Crippen LogP contribution in [0.2, 0.25) is 0 Å². The third-order valence-electron chi connectivity index (χ3n) is 3.63. The number of phenols is 1. The quantitative estimate of drug-likeness (QED) is 0.480. The molecule has 0 atom stereocenters. The van der Waals surface area contributed by atoms with E-state index in [1.54, 1.807) is 12.1 Å².